The molecule has 0 unspecified atom stereocenters. The van der Waals surface area contributed by atoms with E-state index in [2.05, 4.69) is 29.0 Å². The number of nitrogens with one attached hydrogen (secondary N) is 2. The molecule has 0 radical (unpaired) electrons. The highest BCUT2D eigenvalue weighted by atomic mass is 32.1. The molecule has 1 aliphatic heterocycles. The van der Waals surface area contributed by atoms with Crippen LogP contribution in [-0.2, 0) is 4.79 Å². The monoisotopic (exact) mass is 307 g/mol. The summed E-state index contributed by atoms with van der Waals surface area (Å²) in [5, 5.41) is 9.96. The van der Waals surface area contributed by atoms with Crippen molar-refractivity contribution in [2.24, 2.45) is 0 Å². The first-order chi connectivity index (χ1) is 10.1. The number of amides is 3. The van der Waals surface area contributed by atoms with E-state index in [9.17, 15) is 9.59 Å². The Bertz CT molecular complexity index is 513. The number of carbonyl (C=O) groups is 2. The summed E-state index contributed by atoms with van der Waals surface area (Å²) in [4.78, 5) is 25.7. The first-order valence-electron chi connectivity index (χ1n) is 7.49. The molecule has 1 saturated heterocycles. The van der Waals surface area contributed by atoms with Crippen LogP contribution in [0.2, 0.25) is 0 Å². The van der Waals surface area contributed by atoms with E-state index in [1.54, 1.807) is 11.3 Å². The second-order valence-electron chi connectivity index (χ2n) is 5.99. The van der Waals surface area contributed by atoms with Gasteiger partial charge in [-0.25, -0.2) is 4.79 Å². The quantitative estimate of drug-likeness (QED) is 0.873. The molecule has 3 rings (SSSR count). The van der Waals surface area contributed by atoms with E-state index < -0.39 is 0 Å². The maximum atomic E-state index is 11.9. The molecule has 0 spiro atoms. The predicted molar refractivity (Wildman–Crippen MR) is 82.4 cm³/mol. The van der Waals surface area contributed by atoms with Gasteiger partial charge in [0.25, 0.3) is 0 Å². The lowest BCUT2D eigenvalue weighted by Gasteiger charge is -2.17. The molecule has 1 aliphatic carbocycles. The molecule has 1 aromatic heterocycles. The van der Waals surface area contributed by atoms with E-state index in [1.165, 1.54) is 5.56 Å². The normalized spacial score (nSPS) is 23.2. The highest BCUT2D eigenvalue weighted by Gasteiger charge is 2.39. The number of thiophene rings is 1. The van der Waals surface area contributed by atoms with Crippen molar-refractivity contribution in [3.05, 3.63) is 22.4 Å². The van der Waals surface area contributed by atoms with Crippen LogP contribution in [-0.4, -0.2) is 42.0 Å². The number of urea groups is 1. The van der Waals surface area contributed by atoms with Crippen molar-refractivity contribution in [2.45, 2.75) is 44.2 Å². The summed E-state index contributed by atoms with van der Waals surface area (Å²) in [5.41, 5.74) is 1.25. The zero-order valence-corrected chi connectivity index (χ0v) is 13.0. The van der Waals surface area contributed by atoms with Gasteiger partial charge in [0.15, 0.2) is 0 Å². The van der Waals surface area contributed by atoms with Crippen molar-refractivity contribution >= 4 is 23.3 Å². The average molecular weight is 307 g/mol. The molecular weight excluding hydrogens is 286 g/mol. The SMILES string of the molecule is C[C@@H](CNC(=O)N[C@H]1CC(=O)N(C2CC2)C1)c1ccsc1. The summed E-state index contributed by atoms with van der Waals surface area (Å²) in [6.45, 7) is 3.36. The summed E-state index contributed by atoms with van der Waals surface area (Å²) >= 11 is 1.67. The Labute approximate surface area is 128 Å². The van der Waals surface area contributed by atoms with Crippen LogP contribution >= 0.6 is 11.3 Å². The van der Waals surface area contributed by atoms with Crippen LogP contribution in [0.15, 0.2) is 16.8 Å². The van der Waals surface area contributed by atoms with Gasteiger partial charge < -0.3 is 15.5 Å². The molecule has 21 heavy (non-hydrogen) atoms. The Morgan fingerprint density at radius 2 is 2.33 bits per heavy atom. The number of hydrogen-bond acceptors (Lipinski definition) is 3. The second kappa shape index (κ2) is 6.05. The zero-order valence-electron chi connectivity index (χ0n) is 12.2. The van der Waals surface area contributed by atoms with Crippen molar-refractivity contribution in [3.8, 4) is 0 Å². The first kappa shape index (κ1) is 14.4. The largest absolute Gasteiger partial charge is 0.338 e. The molecule has 0 aromatic carbocycles. The van der Waals surface area contributed by atoms with Gasteiger partial charge in [0, 0.05) is 25.6 Å². The van der Waals surface area contributed by atoms with Crippen LogP contribution in [0, 0.1) is 0 Å². The van der Waals surface area contributed by atoms with Gasteiger partial charge in [0.1, 0.15) is 0 Å². The van der Waals surface area contributed by atoms with Crippen LogP contribution in [0.3, 0.4) is 0 Å². The lowest BCUT2D eigenvalue weighted by molar-refractivity contribution is -0.128. The molecule has 2 N–H and O–H groups in total. The molecule has 2 atom stereocenters. The number of rotatable bonds is 5. The fourth-order valence-corrected chi connectivity index (χ4v) is 3.51. The number of likely N-dealkylation sites (tertiary alicyclic amines) is 1. The second-order valence-corrected chi connectivity index (χ2v) is 6.77. The van der Waals surface area contributed by atoms with E-state index in [1.807, 2.05) is 10.3 Å². The van der Waals surface area contributed by atoms with Crippen LogP contribution < -0.4 is 10.6 Å². The Balaban J connectivity index is 1.41. The van der Waals surface area contributed by atoms with Gasteiger partial charge in [-0.2, -0.15) is 11.3 Å². The Hall–Kier alpha value is -1.56. The molecular formula is C15H21N3O2S. The van der Waals surface area contributed by atoms with E-state index in [0.29, 0.717) is 31.5 Å². The summed E-state index contributed by atoms with van der Waals surface area (Å²) in [6, 6.07) is 2.30. The maximum absolute atomic E-state index is 11.9. The Morgan fingerprint density at radius 1 is 1.52 bits per heavy atom. The van der Waals surface area contributed by atoms with Crippen LogP contribution in [0.4, 0.5) is 4.79 Å². The van der Waals surface area contributed by atoms with E-state index in [-0.39, 0.29) is 18.0 Å². The lowest BCUT2D eigenvalue weighted by atomic mass is 10.1. The molecule has 6 heteroatoms. The van der Waals surface area contributed by atoms with Gasteiger partial charge in [0.2, 0.25) is 5.91 Å². The average Bonchev–Trinajstić information content (AvgIpc) is 3.01. The predicted octanol–water partition coefficient (Wildman–Crippen LogP) is 1.91. The molecule has 2 heterocycles. The Kier molecular flexibility index (Phi) is 4.14. The standard InChI is InChI=1S/C15H21N3O2S/c1-10(11-4-5-21-9-11)7-16-15(20)17-12-6-14(19)18(8-12)13-2-3-13/h4-5,9-10,12-13H,2-3,6-8H2,1H3,(H2,16,17,20)/t10-,12-/m0/s1. The minimum atomic E-state index is -0.174. The van der Waals surface area contributed by atoms with Crippen molar-refractivity contribution in [1.29, 1.82) is 0 Å². The van der Waals surface area contributed by atoms with Gasteiger partial charge in [0.05, 0.1) is 6.04 Å². The summed E-state index contributed by atoms with van der Waals surface area (Å²) in [7, 11) is 0. The van der Waals surface area contributed by atoms with E-state index in [4.69, 9.17) is 0 Å². The van der Waals surface area contributed by atoms with Gasteiger partial charge in [-0.05, 0) is 41.1 Å². The van der Waals surface area contributed by atoms with Gasteiger partial charge in [-0.15, -0.1) is 0 Å². The van der Waals surface area contributed by atoms with Crippen molar-refractivity contribution < 1.29 is 9.59 Å². The summed E-state index contributed by atoms with van der Waals surface area (Å²) in [5.74, 6) is 0.476. The summed E-state index contributed by atoms with van der Waals surface area (Å²) < 4.78 is 0. The maximum Gasteiger partial charge on any atom is 0.315 e. The van der Waals surface area contributed by atoms with Crippen molar-refractivity contribution in [1.82, 2.24) is 15.5 Å². The van der Waals surface area contributed by atoms with Crippen molar-refractivity contribution in [3.63, 3.8) is 0 Å². The zero-order chi connectivity index (χ0) is 14.8. The first-order valence-corrected chi connectivity index (χ1v) is 8.43. The smallest absolute Gasteiger partial charge is 0.315 e. The van der Waals surface area contributed by atoms with Crippen molar-refractivity contribution in [2.75, 3.05) is 13.1 Å². The third-order valence-corrected chi connectivity index (χ3v) is 4.86. The molecule has 114 valence electrons. The van der Waals surface area contributed by atoms with Crippen LogP contribution in [0.1, 0.15) is 37.7 Å². The fraction of sp³-hybridized carbons (Fsp3) is 0.600. The third kappa shape index (κ3) is 3.56. The highest BCUT2D eigenvalue weighted by molar-refractivity contribution is 7.07. The molecule has 1 aromatic rings. The van der Waals surface area contributed by atoms with E-state index in [0.717, 1.165) is 12.8 Å². The minimum absolute atomic E-state index is 0.0467. The molecule has 1 saturated carbocycles. The van der Waals surface area contributed by atoms with Gasteiger partial charge in [-0.3, -0.25) is 4.79 Å². The molecule has 2 aliphatic rings. The van der Waals surface area contributed by atoms with Gasteiger partial charge in [-0.1, -0.05) is 6.92 Å². The molecule has 2 fully saturated rings. The molecule has 0 bridgehead atoms. The van der Waals surface area contributed by atoms with Crippen LogP contribution in [0.25, 0.3) is 0 Å². The number of carbonyl (C=O) groups excluding carboxylic acids is 2. The Morgan fingerprint density at radius 3 is 3.00 bits per heavy atom. The lowest BCUT2D eigenvalue weighted by Crippen LogP contribution is -2.44. The highest BCUT2D eigenvalue weighted by Crippen LogP contribution is 2.30. The fourth-order valence-electron chi connectivity index (χ4n) is 2.72. The molecule has 5 nitrogen and oxygen atoms in total. The third-order valence-electron chi connectivity index (χ3n) is 4.16. The molecule has 3 amide bonds. The summed E-state index contributed by atoms with van der Waals surface area (Å²) in [6.07, 6.45) is 2.66. The number of nitrogens with zero attached hydrogens (tertiary/aromatic N) is 1. The van der Waals surface area contributed by atoms with E-state index >= 15 is 0 Å². The van der Waals surface area contributed by atoms with Gasteiger partial charge >= 0.3 is 6.03 Å². The van der Waals surface area contributed by atoms with Crippen LogP contribution in [0.5, 0.6) is 0 Å². The minimum Gasteiger partial charge on any atom is -0.338 e. The number of hydrogen-bond donors (Lipinski definition) is 2. The topological polar surface area (TPSA) is 61.4 Å².